The van der Waals surface area contributed by atoms with Crippen molar-refractivity contribution in [2.45, 2.75) is 18.7 Å². The predicted octanol–water partition coefficient (Wildman–Crippen LogP) is 2.08. The number of aryl methyl sites for hydroxylation is 2. The molecule has 22 heavy (non-hydrogen) atoms. The molecule has 1 aliphatic rings. The number of fused-ring (bicyclic) bond motifs is 1. The van der Waals surface area contributed by atoms with Crippen molar-refractivity contribution in [3.8, 4) is 0 Å². The first-order valence-corrected chi connectivity index (χ1v) is 8.23. The zero-order chi connectivity index (χ0) is 15.2. The fourth-order valence-electron chi connectivity index (χ4n) is 2.74. The van der Waals surface area contributed by atoms with Crippen LogP contribution >= 0.6 is 12.4 Å². The summed E-state index contributed by atoms with van der Waals surface area (Å²) >= 11 is 0. The number of nitrogens with zero attached hydrogens (tertiary/aromatic N) is 3. The molecule has 6 nitrogen and oxygen atoms in total. The summed E-state index contributed by atoms with van der Waals surface area (Å²) in [4.78, 5) is 0.307. The highest BCUT2D eigenvalue weighted by molar-refractivity contribution is 7.93. The fraction of sp³-hybridized carbons (Fsp3) is 0.357. The van der Waals surface area contributed by atoms with Gasteiger partial charge in [-0.25, -0.2) is 8.42 Å². The van der Waals surface area contributed by atoms with Crippen molar-refractivity contribution in [3.63, 3.8) is 0 Å². The quantitative estimate of drug-likeness (QED) is 0.907. The largest absolute Gasteiger partial charge is 0.382 e. The Balaban J connectivity index is 0.00000176. The summed E-state index contributed by atoms with van der Waals surface area (Å²) in [5.74, 6) is 0. The van der Waals surface area contributed by atoms with E-state index in [-0.39, 0.29) is 12.4 Å². The van der Waals surface area contributed by atoms with Crippen LogP contribution in [0.25, 0.3) is 0 Å². The van der Waals surface area contributed by atoms with Gasteiger partial charge in [-0.1, -0.05) is 12.1 Å². The molecule has 2 heterocycles. The van der Waals surface area contributed by atoms with Gasteiger partial charge in [0.2, 0.25) is 0 Å². The third-order valence-corrected chi connectivity index (χ3v) is 5.86. The summed E-state index contributed by atoms with van der Waals surface area (Å²) in [5.41, 5.74) is 2.72. The zero-order valence-electron chi connectivity index (χ0n) is 12.7. The average molecular weight is 343 g/mol. The van der Waals surface area contributed by atoms with Crippen LogP contribution in [0.4, 0.5) is 11.4 Å². The summed E-state index contributed by atoms with van der Waals surface area (Å²) in [6.07, 6.45) is 0. The van der Waals surface area contributed by atoms with Gasteiger partial charge in [0.05, 0.1) is 29.3 Å². The molecule has 0 bridgehead atoms. The van der Waals surface area contributed by atoms with Gasteiger partial charge in [-0.3, -0.25) is 8.99 Å². The molecule has 0 aliphatic carbocycles. The second-order valence-electron chi connectivity index (χ2n) is 5.14. The van der Waals surface area contributed by atoms with Gasteiger partial charge in [0, 0.05) is 13.6 Å². The molecule has 0 radical (unpaired) electrons. The number of nitrogens with one attached hydrogen (secondary N) is 1. The zero-order valence-corrected chi connectivity index (χ0v) is 14.3. The molecule has 0 atom stereocenters. The highest BCUT2D eigenvalue weighted by atomic mass is 35.5. The Kier molecular flexibility index (Phi) is 4.39. The second-order valence-corrected chi connectivity index (χ2v) is 6.94. The minimum atomic E-state index is -3.61. The number of benzene rings is 1. The van der Waals surface area contributed by atoms with Crippen molar-refractivity contribution < 1.29 is 8.42 Å². The van der Waals surface area contributed by atoms with Crippen LogP contribution in [0.3, 0.4) is 0 Å². The highest BCUT2D eigenvalue weighted by Gasteiger charge is 2.33. The molecule has 1 aromatic carbocycles. The number of aromatic nitrogens is 2. The maximum atomic E-state index is 13.0. The number of para-hydroxylation sites is 2. The molecule has 120 valence electrons. The Morgan fingerprint density at radius 1 is 1.23 bits per heavy atom. The topological polar surface area (TPSA) is 67.2 Å². The predicted molar refractivity (Wildman–Crippen MR) is 89.4 cm³/mol. The van der Waals surface area contributed by atoms with Crippen LogP contribution in [-0.2, 0) is 17.1 Å². The Labute approximate surface area is 136 Å². The van der Waals surface area contributed by atoms with Crippen LogP contribution in [-0.4, -0.2) is 31.3 Å². The van der Waals surface area contributed by atoms with Gasteiger partial charge in [-0.15, -0.1) is 12.4 Å². The summed E-state index contributed by atoms with van der Waals surface area (Å²) < 4.78 is 29.2. The number of hydrogen-bond donors (Lipinski definition) is 1. The maximum Gasteiger partial charge on any atom is 0.268 e. The van der Waals surface area contributed by atoms with Crippen molar-refractivity contribution >= 4 is 33.8 Å². The number of rotatable bonds is 2. The van der Waals surface area contributed by atoms with Crippen molar-refractivity contribution in [2.24, 2.45) is 7.05 Å². The van der Waals surface area contributed by atoms with E-state index in [0.717, 1.165) is 5.69 Å². The van der Waals surface area contributed by atoms with Crippen LogP contribution in [0.1, 0.15) is 11.4 Å². The molecule has 8 heteroatoms. The van der Waals surface area contributed by atoms with Crippen molar-refractivity contribution in [2.75, 3.05) is 22.7 Å². The maximum absolute atomic E-state index is 13.0. The Hall–Kier alpha value is -1.73. The lowest BCUT2D eigenvalue weighted by Crippen LogP contribution is -2.39. The number of anilines is 2. The number of hydrogen-bond acceptors (Lipinski definition) is 4. The molecular weight excluding hydrogens is 324 g/mol. The van der Waals surface area contributed by atoms with E-state index in [9.17, 15) is 8.42 Å². The monoisotopic (exact) mass is 342 g/mol. The molecule has 0 saturated heterocycles. The molecule has 2 aromatic rings. The van der Waals surface area contributed by atoms with Gasteiger partial charge in [0.15, 0.2) is 0 Å². The van der Waals surface area contributed by atoms with Gasteiger partial charge in [-0.2, -0.15) is 5.10 Å². The highest BCUT2D eigenvalue weighted by Crippen LogP contribution is 2.34. The van der Waals surface area contributed by atoms with Gasteiger partial charge >= 0.3 is 0 Å². The normalized spacial score (nSPS) is 14.0. The van der Waals surface area contributed by atoms with Crippen molar-refractivity contribution in [1.82, 2.24) is 9.78 Å². The number of halogens is 1. The fourth-order valence-corrected chi connectivity index (χ4v) is 4.63. The standard InChI is InChI=1S/C14H18N4O2S.ClH/c1-10-14(11(2)17(3)16-10)21(19,20)18-9-8-15-12-6-4-5-7-13(12)18;/h4-7,15H,8-9H2,1-3H3;1H. The smallest absolute Gasteiger partial charge is 0.268 e. The molecule has 0 fully saturated rings. The number of sulfonamides is 1. The Morgan fingerprint density at radius 3 is 2.55 bits per heavy atom. The van der Waals surface area contributed by atoms with Crippen LogP contribution in [0.5, 0.6) is 0 Å². The van der Waals surface area contributed by atoms with Crippen molar-refractivity contribution in [3.05, 3.63) is 35.7 Å². The lowest BCUT2D eigenvalue weighted by atomic mass is 10.2. The van der Waals surface area contributed by atoms with Crippen LogP contribution in [0, 0.1) is 13.8 Å². The third kappa shape index (κ3) is 2.44. The molecule has 1 aliphatic heterocycles. The molecule has 0 amide bonds. The first-order chi connectivity index (χ1) is 9.93. The van der Waals surface area contributed by atoms with E-state index in [1.165, 1.54) is 4.31 Å². The van der Waals surface area contributed by atoms with E-state index >= 15 is 0 Å². The first-order valence-electron chi connectivity index (χ1n) is 6.79. The van der Waals surface area contributed by atoms with Crippen molar-refractivity contribution in [1.29, 1.82) is 0 Å². The first kappa shape index (κ1) is 16.6. The van der Waals surface area contributed by atoms with E-state index in [4.69, 9.17) is 0 Å². The second kappa shape index (κ2) is 5.81. The summed E-state index contributed by atoms with van der Waals surface area (Å²) in [5, 5.41) is 7.45. The minimum Gasteiger partial charge on any atom is -0.382 e. The van der Waals surface area contributed by atoms with Gasteiger partial charge in [0.1, 0.15) is 4.90 Å². The van der Waals surface area contributed by atoms with Gasteiger partial charge in [-0.05, 0) is 26.0 Å². The Morgan fingerprint density at radius 2 is 1.91 bits per heavy atom. The lowest BCUT2D eigenvalue weighted by Gasteiger charge is -2.31. The van der Waals surface area contributed by atoms with Crippen LogP contribution in [0.15, 0.2) is 29.2 Å². The molecular formula is C14H19ClN4O2S. The molecule has 0 spiro atoms. The van der Waals surface area contributed by atoms with Crippen LogP contribution < -0.4 is 9.62 Å². The summed E-state index contributed by atoms with van der Waals surface area (Å²) in [6, 6.07) is 7.44. The molecule has 3 rings (SSSR count). The summed E-state index contributed by atoms with van der Waals surface area (Å²) in [6.45, 7) is 4.51. The van der Waals surface area contributed by atoms with E-state index in [0.29, 0.717) is 35.1 Å². The summed E-state index contributed by atoms with van der Waals surface area (Å²) in [7, 11) is -1.85. The van der Waals surface area contributed by atoms with Gasteiger partial charge < -0.3 is 5.32 Å². The third-order valence-electron chi connectivity index (χ3n) is 3.79. The lowest BCUT2D eigenvalue weighted by molar-refractivity contribution is 0.589. The van der Waals surface area contributed by atoms with E-state index in [1.807, 2.05) is 24.3 Å². The van der Waals surface area contributed by atoms with Crippen LogP contribution in [0.2, 0.25) is 0 Å². The van der Waals surface area contributed by atoms with E-state index in [2.05, 4.69) is 10.4 Å². The molecule has 1 N–H and O–H groups in total. The van der Waals surface area contributed by atoms with E-state index < -0.39 is 10.0 Å². The Bertz CT molecular complexity index is 801. The van der Waals surface area contributed by atoms with Gasteiger partial charge in [0.25, 0.3) is 10.0 Å². The molecule has 0 unspecified atom stereocenters. The molecule has 0 saturated carbocycles. The van der Waals surface area contributed by atoms with E-state index in [1.54, 1.807) is 25.6 Å². The molecule has 1 aromatic heterocycles. The SMILES string of the molecule is Cc1nn(C)c(C)c1S(=O)(=O)N1CCNc2ccccc21.Cl. The minimum absolute atomic E-state index is 0. The average Bonchev–Trinajstić information content (AvgIpc) is 2.71.